The van der Waals surface area contributed by atoms with Gasteiger partial charge in [-0.2, -0.15) is 5.26 Å². The van der Waals surface area contributed by atoms with Crippen molar-refractivity contribution in [3.8, 4) is 17.6 Å². The van der Waals surface area contributed by atoms with E-state index < -0.39 is 0 Å². The molecule has 78 valence electrons. The van der Waals surface area contributed by atoms with Gasteiger partial charge in [0.15, 0.2) is 11.5 Å². The fourth-order valence-corrected chi connectivity index (χ4v) is 1.95. The topological polar surface area (TPSA) is 42.2 Å². The van der Waals surface area contributed by atoms with Crippen molar-refractivity contribution in [2.75, 3.05) is 13.2 Å². The van der Waals surface area contributed by atoms with Gasteiger partial charge in [-0.05, 0) is 12.5 Å². The van der Waals surface area contributed by atoms with Crippen molar-refractivity contribution < 1.29 is 9.47 Å². The van der Waals surface area contributed by atoms with Crippen LogP contribution in [0.4, 0.5) is 0 Å². The Bertz CT molecular complexity index is 437. The van der Waals surface area contributed by atoms with Crippen LogP contribution in [0.5, 0.6) is 11.5 Å². The molecule has 1 aromatic rings. The smallest absolute Gasteiger partial charge is 0.164 e. The third-order valence-corrected chi connectivity index (χ3v) is 2.74. The van der Waals surface area contributed by atoms with Crippen molar-refractivity contribution >= 4 is 11.6 Å². The fourth-order valence-electron chi connectivity index (χ4n) is 1.65. The Labute approximate surface area is 93.2 Å². The molecular weight excluding hydrogens is 214 g/mol. The number of ether oxygens (including phenoxy) is 2. The zero-order valence-electron chi connectivity index (χ0n) is 8.34. The normalized spacial score (nSPS) is 13.4. The maximum absolute atomic E-state index is 8.69. The van der Waals surface area contributed by atoms with Crippen LogP contribution in [0.3, 0.4) is 0 Å². The first-order valence-corrected chi connectivity index (χ1v) is 5.06. The molecule has 2 rings (SSSR count). The van der Waals surface area contributed by atoms with Crippen molar-refractivity contribution in [2.45, 2.75) is 13.3 Å². The summed E-state index contributed by atoms with van der Waals surface area (Å²) in [6.07, 6.45) is 0.293. The van der Waals surface area contributed by atoms with Gasteiger partial charge in [0, 0.05) is 16.7 Å². The van der Waals surface area contributed by atoms with Crippen molar-refractivity contribution in [1.29, 1.82) is 5.26 Å². The number of rotatable bonds is 1. The third-order valence-electron chi connectivity index (χ3n) is 2.41. The summed E-state index contributed by atoms with van der Waals surface area (Å²) in [5.74, 6) is 1.39. The SMILES string of the molecule is Cc1c(CC#N)c(Cl)cc2c1OCCO2. The first-order valence-electron chi connectivity index (χ1n) is 4.68. The molecule has 1 aromatic carbocycles. The van der Waals surface area contributed by atoms with Gasteiger partial charge in [-0.3, -0.25) is 0 Å². The van der Waals surface area contributed by atoms with Gasteiger partial charge in [0.05, 0.1) is 12.5 Å². The van der Waals surface area contributed by atoms with E-state index in [-0.39, 0.29) is 0 Å². The van der Waals surface area contributed by atoms with Crippen LogP contribution >= 0.6 is 11.6 Å². The van der Waals surface area contributed by atoms with E-state index in [4.69, 9.17) is 26.3 Å². The highest BCUT2D eigenvalue weighted by molar-refractivity contribution is 6.31. The molecule has 4 heteroatoms. The van der Waals surface area contributed by atoms with Gasteiger partial charge in [0.2, 0.25) is 0 Å². The zero-order chi connectivity index (χ0) is 10.8. The van der Waals surface area contributed by atoms with E-state index in [1.54, 1.807) is 6.07 Å². The van der Waals surface area contributed by atoms with Gasteiger partial charge in [0.25, 0.3) is 0 Å². The van der Waals surface area contributed by atoms with E-state index in [1.807, 2.05) is 6.92 Å². The molecule has 0 aliphatic carbocycles. The van der Waals surface area contributed by atoms with E-state index in [0.29, 0.717) is 30.4 Å². The van der Waals surface area contributed by atoms with E-state index in [0.717, 1.165) is 16.9 Å². The molecule has 0 fully saturated rings. The van der Waals surface area contributed by atoms with Crippen LogP contribution in [-0.4, -0.2) is 13.2 Å². The Morgan fingerprint density at radius 1 is 1.47 bits per heavy atom. The predicted molar refractivity (Wildman–Crippen MR) is 56.5 cm³/mol. The Hall–Kier alpha value is -1.40. The van der Waals surface area contributed by atoms with Crippen LogP contribution in [0.25, 0.3) is 0 Å². The standard InChI is InChI=1S/C11H10ClNO2/c1-7-8(2-3-13)9(12)6-10-11(7)15-5-4-14-10/h6H,2,4-5H2,1H3. The number of hydrogen-bond acceptors (Lipinski definition) is 3. The molecule has 0 spiro atoms. The second-order valence-electron chi connectivity index (χ2n) is 3.32. The van der Waals surface area contributed by atoms with Gasteiger partial charge in [-0.15, -0.1) is 0 Å². The second kappa shape index (κ2) is 4.00. The molecule has 0 aromatic heterocycles. The molecule has 15 heavy (non-hydrogen) atoms. The van der Waals surface area contributed by atoms with Gasteiger partial charge in [0.1, 0.15) is 13.2 Å². The largest absolute Gasteiger partial charge is 0.486 e. The maximum atomic E-state index is 8.69. The van der Waals surface area contributed by atoms with E-state index in [2.05, 4.69) is 6.07 Å². The molecule has 0 saturated carbocycles. The highest BCUT2D eigenvalue weighted by Gasteiger charge is 2.19. The summed E-state index contributed by atoms with van der Waals surface area (Å²) in [6, 6.07) is 3.81. The number of fused-ring (bicyclic) bond motifs is 1. The van der Waals surface area contributed by atoms with Crippen molar-refractivity contribution in [3.05, 3.63) is 22.2 Å². The van der Waals surface area contributed by atoms with E-state index >= 15 is 0 Å². The Morgan fingerprint density at radius 2 is 2.20 bits per heavy atom. The highest BCUT2D eigenvalue weighted by atomic mass is 35.5. The van der Waals surface area contributed by atoms with Crippen molar-refractivity contribution in [2.24, 2.45) is 0 Å². The summed E-state index contributed by atoms with van der Waals surface area (Å²) in [7, 11) is 0. The average Bonchev–Trinajstić information content (AvgIpc) is 2.24. The maximum Gasteiger partial charge on any atom is 0.164 e. The molecule has 0 bridgehead atoms. The van der Waals surface area contributed by atoms with Gasteiger partial charge in [-0.1, -0.05) is 11.6 Å². The van der Waals surface area contributed by atoms with Crippen LogP contribution in [0.15, 0.2) is 6.07 Å². The number of benzene rings is 1. The fraction of sp³-hybridized carbons (Fsp3) is 0.364. The predicted octanol–water partition coefficient (Wildman–Crippen LogP) is 2.49. The Morgan fingerprint density at radius 3 is 2.93 bits per heavy atom. The summed E-state index contributed by atoms with van der Waals surface area (Å²) < 4.78 is 10.9. The third kappa shape index (κ3) is 1.73. The van der Waals surface area contributed by atoms with Crippen molar-refractivity contribution in [1.82, 2.24) is 0 Å². The summed E-state index contributed by atoms with van der Waals surface area (Å²) in [5.41, 5.74) is 1.72. The van der Waals surface area contributed by atoms with Gasteiger partial charge >= 0.3 is 0 Å². The number of halogens is 1. The minimum absolute atomic E-state index is 0.293. The quantitative estimate of drug-likeness (QED) is 0.735. The summed E-state index contributed by atoms with van der Waals surface area (Å²) in [4.78, 5) is 0. The molecule has 0 N–H and O–H groups in total. The lowest BCUT2D eigenvalue weighted by molar-refractivity contribution is 0.170. The number of nitriles is 1. The van der Waals surface area contributed by atoms with Crippen LogP contribution in [0, 0.1) is 18.3 Å². The molecule has 0 unspecified atom stereocenters. The Balaban J connectivity index is 2.55. The Kier molecular flexibility index (Phi) is 2.70. The monoisotopic (exact) mass is 223 g/mol. The lowest BCUT2D eigenvalue weighted by Crippen LogP contribution is -2.16. The molecule has 3 nitrogen and oxygen atoms in total. The molecule has 1 heterocycles. The van der Waals surface area contributed by atoms with Crippen LogP contribution in [0.1, 0.15) is 11.1 Å². The number of nitrogens with zero attached hydrogens (tertiary/aromatic N) is 1. The van der Waals surface area contributed by atoms with Crippen molar-refractivity contribution in [3.63, 3.8) is 0 Å². The van der Waals surface area contributed by atoms with Gasteiger partial charge < -0.3 is 9.47 Å². The summed E-state index contributed by atoms with van der Waals surface area (Å²) >= 11 is 6.06. The minimum atomic E-state index is 0.293. The molecule has 0 amide bonds. The molecular formula is C11H10ClNO2. The molecule has 0 saturated heterocycles. The van der Waals surface area contributed by atoms with Gasteiger partial charge in [-0.25, -0.2) is 0 Å². The zero-order valence-corrected chi connectivity index (χ0v) is 9.10. The minimum Gasteiger partial charge on any atom is -0.486 e. The summed E-state index contributed by atoms with van der Waals surface area (Å²) in [6.45, 7) is 2.98. The first-order chi connectivity index (χ1) is 7.24. The first kappa shape index (κ1) is 10.1. The molecule has 0 atom stereocenters. The summed E-state index contributed by atoms with van der Waals surface area (Å²) in [5, 5.41) is 9.26. The lowest BCUT2D eigenvalue weighted by atomic mass is 10.0. The van der Waals surface area contributed by atoms with Crippen LogP contribution < -0.4 is 9.47 Å². The van der Waals surface area contributed by atoms with E-state index in [9.17, 15) is 0 Å². The second-order valence-corrected chi connectivity index (χ2v) is 3.73. The molecule has 0 radical (unpaired) electrons. The molecule has 1 aliphatic heterocycles. The average molecular weight is 224 g/mol. The lowest BCUT2D eigenvalue weighted by Gasteiger charge is -2.22. The van der Waals surface area contributed by atoms with Crippen LogP contribution in [-0.2, 0) is 6.42 Å². The van der Waals surface area contributed by atoms with Crippen LogP contribution in [0.2, 0.25) is 5.02 Å². The molecule has 1 aliphatic rings. The highest BCUT2D eigenvalue weighted by Crippen LogP contribution is 2.39. The number of hydrogen-bond donors (Lipinski definition) is 0. The van der Waals surface area contributed by atoms with E-state index in [1.165, 1.54) is 0 Å².